The van der Waals surface area contributed by atoms with E-state index in [0.717, 1.165) is 24.1 Å². The van der Waals surface area contributed by atoms with Gasteiger partial charge in [-0.1, -0.05) is 6.92 Å². The van der Waals surface area contributed by atoms with Crippen LogP contribution in [0, 0.1) is 0 Å². The van der Waals surface area contributed by atoms with E-state index in [2.05, 4.69) is 28.0 Å². The Balaban J connectivity index is 2.49. The smallest absolute Gasteiger partial charge is 0.124 e. The minimum Gasteiger partial charge on any atom is -0.384 e. The number of nitrogens with one attached hydrogen (secondary N) is 1. The predicted molar refractivity (Wildman–Crippen MR) is 62.5 cm³/mol. The van der Waals surface area contributed by atoms with Gasteiger partial charge < -0.3 is 15.6 Å². The Morgan fingerprint density at radius 2 is 2.27 bits per heavy atom. The lowest BCUT2D eigenvalue weighted by molar-refractivity contribution is 0.727. The number of nitrogen functional groups attached to an aromatic ring is 1. The first-order chi connectivity index (χ1) is 7.22. The van der Waals surface area contributed by atoms with Gasteiger partial charge in [0.2, 0.25) is 0 Å². The van der Waals surface area contributed by atoms with E-state index >= 15 is 0 Å². The highest BCUT2D eigenvalue weighted by molar-refractivity contribution is 5.81. The quantitative estimate of drug-likeness (QED) is 0.791. The average Bonchev–Trinajstić information content (AvgIpc) is 2.52. The van der Waals surface area contributed by atoms with Crippen molar-refractivity contribution in [2.45, 2.75) is 13.5 Å². The molecule has 0 aromatic carbocycles. The molecule has 80 valence electrons. The molecule has 0 radical (unpaired) electrons. The molecule has 2 heterocycles. The minimum atomic E-state index is 0.575. The molecule has 2 aromatic rings. The molecule has 2 aromatic heterocycles. The van der Waals surface area contributed by atoms with Crippen molar-refractivity contribution in [1.82, 2.24) is 14.9 Å². The predicted octanol–water partition coefficient (Wildman–Crippen LogP) is 1.26. The van der Waals surface area contributed by atoms with Crippen LogP contribution in [-0.2, 0) is 13.6 Å². The van der Waals surface area contributed by atoms with Crippen LogP contribution in [0.25, 0.3) is 11.0 Å². The molecule has 4 nitrogen and oxygen atoms in total. The summed E-state index contributed by atoms with van der Waals surface area (Å²) in [6.45, 7) is 3.88. The fourth-order valence-corrected chi connectivity index (χ4v) is 1.74. The normalized spacial score (nSPS) is 11.1. The third kappa shape index (κ3) is 1.80. The molecule has 0 amide bonds. The maximum atomic E-state index is 5.69. The zero-order chi connectivity index (χ0) is 10.8. The number of aromatic nitrogens is 2. The van der Waals surface area contributed by atoms with Crippen molar-refractivity contribution < 1.29 is 0 Å². The number of nitrogens with zero attached hydrogens (tertiary/aromatic N) is 2. The van der Waals surface area contributed by atoms with Gasteiger partial charge >= 0.3 is 0 Å². The highest BCUT2D eigenvalue weighted by atomic mass is 15.0. The second-order valence-corrected chi connectivity index (χ2v) is 3.65. The van der Waals surface area contributed by atoms with E-state index in [0.29, 0.717) is 5.82 Å². The Morgan fingerprint density at radius 3 is 3.00 bits per heavy atom. The van der Waals surface area contributed by atoms with Gasteiger partial charge in [-0.3, -0.25) is 0 Å². The van der Waals surface area contributed by atoms with E-state index in [-0.39, 0.29) is 0 Å². The molecule has 0 saturated heterocycles. The molecule has 0 aliphatic carbocycles. The van der Waals surface area contributed by atoms with Crippen LogP contribution >= 0.6 is 0 Å². The van der Waals surface area contributed by atoms with Crippen molar-refractivity contribution in [1.29, 1.82) is 0 Å². The van der Waals surface area contributed by atoms with Gasteiger partial charge in [0.15, 0.2) is 0 Å². The monoisotopic (exact) mass is 204 g/mol. The van der Waals surface area contributed by atoms with E-state index in [1.165, 1.54) is 5.56 Å². The Kier molecular flexibility index (Phi) is 2.60. The molecule has 0 fully saturated rings. The molecule has 0 saturated carbocycles. The molecule has 15 heavy (non-hydrogen) atoms. The summed E-state index contributed by atoms with van der Waals surface area (Å²) in [7, 11) is 2.02. The first-order valence-corrected chi connectivity index (χ1v) is 5.13. The number of pyridine rings is 1. The first kappa shape index (κ1) is 9.98. The zero-order valence-electron chi connectivity index (χ0n) is 9.12. The number of hydrogen-bond donors (Lipinski definition) is 2. The van der Waals surface area contributed by atoms with E-state index < -0.39 is 0 Å². The lowest BCUT2D eigenvalue weighted by Gasteiger charge is -1.99. The summed E-state index contributed by atoms with van der Waals surface area (Å²) in [5, 5.41) is 3.30. The Morgan fingerprint density at radius 1 is 1.47 bits per heavy atom. The van der Waals surface area contributed by atoms with Crippen molar-refractivity contribution in [3.8, 4) is 0 Å². The van der Waals surface area contributed by atoms with Gasteiger partial charge in [0.1, 0.15) is 5.82 Å². The number of hydrogen-bond acceptors (Lipinski definition) is 3. The van der Waals surface area contributed by atoms with Crippen molar-refractivity contribution in [3.05, 3.63) is 23.9 Å². The molecular weight excluding hydrogens is 188 g/mol. The highest BCUT2D eigenvalue weighted by Crippen LogP contribution is 2.19. The lowest BCUT2D eigenvalue weighted by atomic mass is 10.2. The fraction of sp³-hybridized carbons (Fsp3) is 0.364. The Labute approximate surface area is 89.1 Å². The summed E-state index contributed by atoms with van der Waals surface area (Å²) in [5.41, 5.74) is 9.01. The van der Waals surface area contributed by atoms with Gasteiger partial charge in [-0.15, -0.1) is 0 Å². The van der Waals surface area contributed by atoms with Crippen LogP contribution in [0.4, 0.5) is 5.82 Å². The second-order valence-electron chi connectivity index (χ2n) is 3.65. The van der Waals surface area contributed by atoms with E-state index in [1.54, 1.807) is 0 Å². The van der Waals surface area contributed by atoms with Gasteiger partial charge in [-0.25, -0.2) is 4.98 Å². The molecule has 0 spiro atoms. The number of anilines is 1. The van der Waals surface area contributed by atoms with Gasteiger partial charge in [-0.05, 0) is 18.7 Å². The van der Waals surface area contributed by atoms with Crippen LogP contribution in [0.15, 0.2) is 18.3 Å². The van der Waals surface area contributed by atoms with Crippen molar-refractivity contribution in [2.24, 2.45) is 7.05 Å². The van der Waals surface area contributed by atoms with Crippen LogP contribution in [0.5, 0.6) is 0 Å². The van der Waals surface area contributed by atoms with Crippen LogP contribution < -0.4 is 11.1 Å². The summed E-state index contributed by atoms with van der Waals surface area (Å²) in [5.74, 6) is 0.575. The van der Waals surface area contributed by atoms with Crippen LogP contribution in [0.3, 0.4) is 0 Å². The third-order valence-corrected chi connectivity index (χ3v) is 2.49. The molecule has 0 aliphatic rings. The SMILES string of the molecule is CCNCc1cn(C)c2ccc(N)nc12. The molecule has 4 heteroatoms. The molecule has 0 bridgehead atoms. The van der Waals surface area contributed by atoms with E-state index in [4.69, 9.17) is 5.73 Å². The largest absolute Gasteiger partial charge is 0.384 e. The Bertz CT molecular complexity index is 473. The maximum Gasteiger partial charge on any atom is 0.124 e. The van der Waals surface area contributed by atoms with E-state index in [1.807, 2.05) is 19.2 Å². The molecule has 0 aliphatic heterocycles. The third-order valence-electron chi connectivity index (χ3n) is 2.49. The molecule has 0 unspecified atom stereocenters. The van der Waals surface area contributed by atoms with Gasteiger partial charge in [0, 0.05) is 25.4 Å². The summed E-state index contributed by atoms with van der Waals surface area (Å²) < 4.78 is 2.08. The average molecular weight is 204 g/mol. The van der Waals surface area contributed by atoms with Crippen LogP contribution in [0.1, 0.15) is 12.5 Å². The summed E-state index contributed by atoms with van der Waals surface area (Å²) in [6.07, 6.45) is 2.10. The lowest BCUT2D eigenvalue weighted by Crippen LogP contribution is -2.11. The van der Waals surface area contributed by atoms with Gasteiger partial charge in [0.25, 0.3) is 0 Å². The number of fused-ring (bicyclic) bond motifs is 1. The minimum absolute atomic E-state index is 0.575. The molecule has 2 rings (SSSR count). The molecule has 0 atom stereocenters. The summed E-state index contributed by atoms with van der Waals surface area (Å²) in [4.78, 5) is 4.37. The summed E-state index contributed by atoms with van der Waals surface area (Å²) >= 11 is 0. The molecular formula is C11H16N4. The maximum absolute atomic E-state index is 5.69. The standard InChI is InChI=1S/C11H16N4/c1-3-13-6-8-7-15(2)9-4-5-10(12)14-11(8)9/h4-5,7,13H,3,6H2,1-2H3,(H2,12,14). The highest BCUT2D eigenvalue weighted by Gasteiger charge is 2.07. The van der Waals surface area contributed by atoms with Crippen LogP contribution in [-0.4, -0.2) is 16.1 Å². The first-order valence-electron chi connectivity index (χ1n) is 5.13. The van der Waals surface area contributed by atoms with Crippen molar-refractivity contribution in [2.75, 3.05) is 12.3 Å². The zero-order valence-corrected chi connectivity index (χ0v) is 9.12. The number of aryl methyl sites for hydroxylation is 1. The fourth-order valence-electron chi connectivity index (χ4n) is 1.74. The number of nitrogens with two attached hydrogens (primary N) is 1. The second kappa shape index (κ2) is 3.90. The van der Waals surface area contributed by atoms with Crippen LogP contribution in [0.2, 0.25) is 0 Å². The van der Waals surface area contributed by atoms with Crippen molar-refractivity contribution >= 4 is 16.9 Å². The van der Waals surface area contributed by atoms with Crippen molar-refractivity contribution in [3.63, 3.8) is 0 Å². The number of rotatable bonds is 3. The topological polar surface area (TPSA) is 55.9 Å². The van der Waals surface area contributed by atoms with E-state index in [9.17, 15) is 0 Å². The Hall–Kier alpha value is -1.55. The molecule has 3 N–H and O–H groups in total. The van der Waals surface area contributed by atoms with Gasteiger partial charge in [0.05, 0.1) is 11.0 Å². The van der Waals surface area contributed by atoms with Gasteiger partial charge in [-0.2, -0.15) is 0 Å². The summed E-state index contributed by atoms with van der Waals surface area (Å²) in [6, 6.07) is 3.84.